The Hall–Kier alpha value is -2.08. The largest absolute Gasteiger partial charge is 0.377 e. The molecule has 0 heterocycles. The number of amides is 1. The Bertz CT molecular complexity index is 553. The minimum atomic E-state index is -0.260. The SMILES string of the molecule is CCCCNC(=O)c1ccc(CNC(=NC)NCC(C)(C)OC)cc1. The van der Waals surface area contributed by atoms with Crippen LogP contribution in [0.4, 0.5) is 0 Å². The van der Waals surface area contributed by atoms with Crippen molar-refractivity contribution in [3.8, 4) is 0 Å². The molecule has 1 aromatic rings. The Morgan fingerprint density at radius 2 is 1.84 bits per heavy atom. The molecule has 0 bridgehead atoms. The van der Waals surface area contributed by atoms with E-state index in [-0.39, 0.29) is 11.5 Å². The van der Waals surface area contributed by atoms with Crippen LogP contribution in [0.2, 0.25) is 0 Å². The summed E-state index contributed by atoms with van der Waals surface area (Å²) in [6.45, 7) is 8.13. The molecule has 0 radical (unpaired) electrons. The first-order valence-corrected chi connectivity index (χ1v) is 8.78. The molecular weight excluding hydrogens is 316 g/mol. The summed E-state index contributed by atoms with van der Waals surface area (Å²) < 4.78 is 5.38. The molecule has 0 saturated heterocycles. The third-order valence-electron chi connectivity index (χ3n) is 3.95. The van der Waals surface area contributed by atoms with Gasteiger partial charge in [0.1, 0.15) is 0 Å². The molecule has 0 aromatic heterocycles. The summed E-state index contributed by atoms with van der Waals surface area (Å²) in [6, 6.07) is 7.60. The van der Waals surface area contributed by atoms with E-state index in [1.807, 2.05) is 38.1 Å². The number of nitrogens with one attached hydrogen (secondary N) is 3. The van der Waals surface area contributed by atoms with Crippen LogP contribution >= 0.6 is 0 Å². The zero-order chi connectivity index (χ0) is 18.7. The van der Waals surface area contributed by atoms with Crippen molar-refractivity contribution in [2.75, 3.05) is 27.2 Å². The van der Waals surface area contributed by atoms with Crippen LogP contribution in [0.15, 0.2) is 29.3 Å². The predicted octanol–water partition coefficient (Wildman–Crippen LogP) is 2.31. The van der Waals surface area contributed by atoms with Gasteiger partial charge < -0.3 is 20.7 Å². The van der Waals surface area contributed by atoms with E-state index in [9.17, 15) is 4.79 Å². The van der Waals surface area contributed by atoms with Crippen LogP contribution in [0.3, 0.4) is 0 Å². The van der Waals surface area contributed by atoms with Crippen LogP contribution in [0.25, 0.3) is 0 Å². The highest BCUT2D eigenvalue weighted by Crippen LogP contribution is 2.06. The number of nitrogens with zero attached hydrogens (tertiary/aromatic N) is 1. The maximum atomic E-state index is 12.0. The minimum Gasteiger partial charge on any atom is -0.377 e. The van der Waals surface area contributed by atoms with Crippen molar-refractivity contribution in [1.82, 2.24) is 16.0 Å². The van der Waals surface area contributed by atoms with Gasteiger partial charge in [0.2, 0.25) is 0 Å². The molecule has 0 aliphatic carbocycles. The normalized spacial score (nSPS) is 12.0. The second kappa shape index (κ2) is 10.7. The van der Waals surface area contributed by atoms with Crippen molar-refractivity contribution in [1.29, 1.82) is 0 Å². The van der Waals surface area contributed by atoms with Crippen molar-refractivity contribution in [2.24, 2.45) is 4.99 Å². The number of aliphatic imine (C=N–C) groups is 1. The van der Waals surface area contributed by atoms with Gasteiger partial charge in [-0.3, -0.25) is 9.79 Å². The van der Waals surface area contributed by atoms with Gasteiger partial charge in [-0.25, -0.2) is 0 Å². The molecule has 0 aliphatic rings. The molecule has 0 spiro atoms. The Labute approximate surface area is 151 Å². The number of rotatable bonds is 9. The van der Waals surface area contributed by atoms with E-state index in [4.69, 9.17) is 4.74 Å². The third kappa shape index (κ3) is 8.03. The standard InChI is InChI=1S/C19H32N4O2/c1-6-7-12-21-17(24)16-10-8-15(9-11-16)13-22-18(20-4)23-14-19(2,3)25-5/h8-11H,6-7,12-14H2,1-5H3,(H,21,24)(H2,20,22,23). The second-order valence-electron chi connectivity index (χ2n) is 6.55. The zero-order valence-corrected chi connectivity index (χ0v) is 16.1. The van der Waals surface area contributed by atoms with Crippen molar-refractivity contribution in [2.45, 2.75) is 45.8 Å². The van der Waals surface area contributed by atoms with E-state index in [0.717, 1.165) is 24.9 Å². The Balaban J connectivity index is 2.47. The molecule has 1 amide bonds. The van der Waals surface area contributed by atoms with Crippen LogP contribution < -0.4 is 16.0 Å². The molecule has 0 atom stereocenters. The number of carbonyl (C=O) groups excluding carboxylic acids is 1. The lowest BCUT2D eigenvalue weighted by molar-refractivity contribution is 0.0268. The highest BCUT2D eigenvalue weighted by atomic mass is 16.5. The van der Waals surface area contributed by atoms with Gasteiger partial charge in [-0.2, -0.15) is 0 Å². The van der Waals surface area contributed by atoms with Gasteiger partial charge >= 0.3 is 0 Å². The van der Waals surface area contributed by atoms with E-state index in [1.165, 1.54) is 0 Å². The third-order valence-corrected chi connectivity index (χ3v) is 3.95. The molecule has 6 nitrogen and oxygen atoms in total. The molecule has 0 unspecified atom stereocenters. The first-order chi connectivity index (χ1) is 11.9. The maximum Gasteiger partial charge on any atom is 0.251 e. The number of hydrogen-bond acceptors (Lipinski definition) is 3. The first kappa shape index (κ1) is 21.0. The second-order valence-corrected chi connectivity index (χ2v) is 6.55. The zero-order valence-electron chi connectivity index (χ0n) is 16.1. The molecule has 0 fully saturated rings. The van der Waals surface area contributed by atoms with Gasteiger partial charge in [-0.1, -0.05) is 25.5 Å². The lowest BCUT2D eigenvalue weighted by Gasteiger charge is -2.24. The molecule has 6 heteroatoms. The van der Waals surface area contributed by atoms with Crippen molar-refractivity contribution >= 4 is 11.9 Å². The van der Waals surface area contributed by atoms with E-state index in [2.05, 4.69) is 27.9 Å². The van der Waals surface area contributed by atoms with E-state index < -0.39 is 0 Å². The predicted molar refractivity (Wildman–Crippen MR) is 103 cm³/mol. The molecular formula is C19H32N4O2. The highest BCUT2D eigenvalue weighted by molar-refractivity contribution is 5.94. The fourth-order valence-corrected chi connectivity index (χ4v) is 2.03. The van der Waals surface area contributed by atoms with Gasteiger partial charge in [0.25, 0.3) is 5.91 Å². The lowest BCUT2D eigenvalue weighted by Crippen LogP contribution is -2.45. The number of hydrogen-bond donors (Lipinski definition) is 3. The summed E-state index contributed by atoms with van der Waals surface area (Å²) in [5, 5.41) is 9.41. The summed E-state index contributed by atoms with van der Waals surface area (Å²) in [4.78, 5) is 16.2. The van der Waals surface area contributed by atoms with Crippen LogP contribution in [0.1, 0.15) is 49.5 Å². The van der Waals surface area contributed by atoms with Gasteiger partial charge in [0, 0.05) is 39.4 Å². The fraction of sp³-hybridized carbons (Fsp3) is 0.579. The Morgan fingerprint density at radius 1 is 1.16 bits per heavy atom. The fourth-order valence-electron chi connectivity index (χ4n) is 2.03. The average Bonchev–Trinajstić information content (AvgIpc) is 2.62. The molecule has 0 saturated carbocycles. The van der Waals surface area contributed by atoms with Crippen molar-refractivity contribution < 1.29 is 9.53 Å². The molecule has 0 aliphatic heterocycles. The molecule has 1 rings (SSSR count). The monoisotopic (exact) mass is 348 g/mol. The van der Waals surface area contributed by atoms with Crippen LogP contribution in [0, 0.1) is 0 Å². The number of guanidine groups is 1. The van der Waals surface area contributed by atoms with Gasteiger partial charge in [0.05, 0.1) is 5.60 Å². The number of unbranched alkanes of at least 4 members (excludes halogenated alkanes) is 1. The smallest absolute Gasteiger partial charge is 0.251 e. The van der Waals surface area contributed by atoms with Crippen molar-refractivity contribution in [3.63, 3.8) is 0 Å². The van der Waals surface area contributed by atoms with Crippen LogP contribution in [-0.2, 0) is 11.3 Å². The van der Waals surface area contributed by atoms with Gasteiger partial charge in [-0.05, 0) is 38.0 Å². The van der Waals surface area contributed by atoms with E-state index in [1.54, 1.807) is 14.2 Å². The minimum absolute atomic E-state index is 0.0211. The summed E-state index contributed by atoms with van der Waals surface area (Å²) in [6.07, 6.45) is 2.07. The van der Waals surface area contributed by atoms with Crippen molar-refractivity contribution in [3.05, 3.63) is 35.4 Å². The average molecular weight is 348 g/mol. The number of carbonyl (C=O) groups is 1. The quantitative estimate of drug-likeness (QED) is 0.364. The maximum absolute atomic E-state index is 12.0. The van der Waals surface area contributed by atoms with Crippen LogP contribution in [0.5, 0.6) is 0 Å². The molecule has 140 valence electrons. The van der Waals surface area contributed by atoms with Gasteiger partial charge in [0.15, 0.2) is 5.96 Å². The Kier molecular flexibility index (Phi) is 8.99. The number of ether oxygens (including phenoxy) is 1. The molecule has 1 aromatic carbocycles. The molecule has 3 N–H and O–H groups in total. The van der Waals surface area contributed by atoms with E-state index in [0.29, 0.717) is 24.6 Å². The van der Waals surface area contributed by atoms with Crippen LogP contribution in [-0.4, -0.2) is 44.7 Å². The first-order valence-electron chi connectivity index (χ1n) is 8.78. The lowest BCUT2D eigenvalue weighted by atomic mass is 10.1. The summed E-state index contributed by atoms with van der Waals surface area (Å²) in [5.74, 6) is 0.693. The Morgan fingerprint density at radius 3 is 2.40 bits per heavy atom. The highest BCUT2D eigenvalue weighted by Gasteiger charge is 2.16. The molecule has 25 heavy (non-hydrogen) atoms. The number of methoxy groups -OCH3 is 1. The topological polar surface area (TPSA) is 74.8 Å². The summed E-state index contributed by atoms with van der Waals surface area (Å²) in [7, 11) is 3.43. The number of benzene rings is 1. The van der Waals surface area contributed by atoms with E-state index >= 15 is 0 Å². The van der Waals surface area contributed by atoms with Gasteiger partial charge in [-0.15, -0.1) is 0 Å². The summed E-state index contributed by atoms with van der Waals surface area (Å²) in [5.41, 5.74) is 1.51. The summed E-state index contributed by atoms with van der Waals surface area (Å²) >= 11 is 0.